The van der Waals surface area contributed by atoms with E-state index in [1.54, 1.807) is 12.1 Å². The van der Waals surface area contributed by atoms with Crippen molar-refractivity contribution in [2.75, 3.05) is 0 Å². The van der Waals surface area contributed by atoms with Gasteiger partial charge < -0.3 is 9.97 Å². The number of aromatic amines is 2. The van der Waals surface area contributed by atoms with Gasteiger partial charge in [0.2, 0.25) is 0 Å². The summed E-state index contributed by atoms with van der Waals surface area (Å²) in [7, 11) is -4.62. The van der Waals surface area contributed by atoms with Crippen molar-refractivity contribution >= 4 is 83.8 Å². The Kier molecular flexibility index (Phi) is 7.36. The Bertz CT molecular complexity index is 2670. The molecule has 0 amide bonds. The Labute approximate surface area is 292 Å². The third-order valence-corrected chi connectivity index (χ3v) is 8.72. The van der Waals surface area contributed by atoms with Gasteiger partial charge in [-0.15, -0.1) is 0 Å². The van der Waals surface area contributed by atoms with Crippen molar-refractivity contribution in [1.82, 2.24) is 39.9 Å². The van der Waals surface area contributed by atoms with Crippen molar-refractivity contribution in [3.8, 4) is 45.6 Å². The summed E-state index contributed by atoms with van der Waals surface area (Å²) in [5.74, 6) is 1.60. The van der Waals surface area contributed by atoms with E-state index in [-0.39, 0.29) is 62.3 Å². The summed E-state index contributed by atoms with van der Waals surface area (Å²) < 4.78 is 35.2. The van der Waals surface area contributed by atoms with Crippen molar-refractivity contribution in [2.24, 2.45) is 0 Å². The first kappa shape index (κ1) is 30.3. The topological polar surface area (TPSA) is 163 Å². The fraction of sp³-hybridized carbons (Fsp3) is 0. The number of nitrogens with one attached hydrogen (secondary N) is 2. The molecule has 4 aromatic carbocycles. The molecular weight excluding hydrogens is 658 g/mol. The first-order valence-electron chi connectivity index (χ1n) is 13.6. The molecule has 0 saturated heterocycles. The number of fused-ring (bicyclic) bond motifs is 20. The number of nitrogens with zero attached hydrogens (tertiary/aromatic N) is 6. The molecule has 2 aliphatic heterocycles. The summed E-state index contributed by atoms with van der Waals surface area (Å²) in [6, 6.07) is 27.6. The molecule has 11 nitrogen and oxygen atoms in total. The van der Waals surface area contributed by atoms with E-state index in [0.29, 0.717) is 45.6 Å². The number of aromatic nitrogens is 8. The predicted octanol–water partition coefficient (Wildman–Crippen LogP) is 5.46. The third kappa shape index (κ3) is 4.67. The second kappa shape index (κ2) is 11.2. The van der Waals surface area contributed by atoms with Gasteiger partial charge in [-0.3, -0.25) is 4.55 Å². The normalized spacial score (nSPS) is 11.8. The third-order valence-electron chi connectivity index (χ3n) is 7.82. The van der Waals surface area contributed by atoms with Gasteiger partial charge in [0, 0.05) is 60.6 Å². The van der Waals surface area contributed by atoms with Crippen LogP contribution in [0.5, 0.6) is 0 Å². The zero-order chi connectivity index (χ0) is 29.6. The first-order chi connectivity index (χ1) is 21.4. The van der Waals surface area contributed by atoms with Crippen molar-refractivity contribution < 1.29 is 29.7 Å². The Balaban J connectivity index is 0.00000169. The maximum absolute atomic E-state index is 12.5. The minimum absolute atomic E-state index is 0. The van der Waals surface area contributed by atoms with Crippen LogP contribution >= 0.6 is 0 Å². The van der Waals surface area contributed by atoms with Gasteiger partial charge in [0.15, 0.2) is 23.3 Å². The predicted molar refractivity (Wildman–Crippen MR) is 173 cm³/mol. The van der Waals surface area contributed by atoms with Gasteiger partial charge in [-0.05, 0) is 6.07 Å². The van der Waals surface area contributed by atoms with E-state index in [1.807, 2.05) is 72.8 Å². The van der Waals surface area contributed by atoms with E-state index in [0.717, 1.165) is 33.0 Å². The molecule has 5 heterocycles. The zero-order valence-corrected chi connectivity index (χ0v) is 24.7. The van der Waals surface area contributed by atoms with E-state index in [9.17, 15) is 13.0 Å². The van der Waals surface area contributed by atoms with Crippen LogP contribution in [0.4, 0.5) is 0 Å². The summed E-state index contributed by atoms with van der Waals surface area (Å²) in [6.45, 7) is 0. The minimum atomic E-state index is -4.62. The number of hydrogen-bond donors (Lipinski definition) is 3. The molecule has 0 atom stereocenters. The van der Waals surface area contributed by atoms with Gasteiger partial charge in [0.25, 0.3) is 10.1 Å². The molecule has 0 aliphatic carbocycles. The van der Waals surface area contributed by atoms with Crippen molar-refractivity contribution in [1.29, 1.82) is 0 Å². The molecule has 0 saturated carbocycles. The number of H-pyrrole nitrogens is 2. The van der Waals surface area contributed by atoms with E-state index >= 15 is 0 Å². The molecule has 46 heavy (non-hydrogen) atoms. The van der Waals surface area contributed by atoms with Gasteiger partial charge in [0.05, 0.1) is 0 Å². The summed E-state index contributed by atoms with van der Waals surface area (Å²) in [6.07, 6.45) is 0. The van der Waals surface area contributed by atoms with Crippen LogP contribution in [0.1, 0.15) is 0 Å². The molecule has 0 fully saturated rings. The molecule has 1 radical (unpaired) electrons. The Morgan fingerprint density at radius 1 is 0.478 bits per heavy atom. The fourth-order valence-electron chi connectivity index (χ4n) is 5.87. The summed E-state index contributed by atoms with van der Waals surface area (Å²) in [5, 5.41) is 2.36. The molecule has 8 bridgehead atoms. The number of hydrogen-bond acceptors (Lipinski definition) is 8. The van der Waals surface area contributed by atoms with Crippen LogP contribution in [0.15, 0.2) is 95.9 Å². The molecule has 3 N–H and O–H groups in total. The molecule has 3 aromatic heterocycles. The van der Waals surface area contributed by atoms with E-state index in [1.165, 1.54) is 6.07 Å². The quantitative estimate of drug-likeness (QED) is 0.151. The van der Waals surface area contributed by atoms with Gasteiger partial charge in [-0.2, -0.15) is 8.42 Å². The SMILES string of the molecule is O=S(=O)(O)c1cccc2c3nc4nc(nc5[nH]c(nc6nc(nc([nH]3)c12)-c1ccccc1-6)c1ccccc51)-c1ccccc1-4.[Co].[NaH]. The zero-order valence-electron chi connectivity index (χ0n) is 22.8. The van der Waals surface area contributed by atoms with Crippen LogP contribution in [0.2, 0.25) is 0 Å². The Morgan fingerprint density at radius 3 is 1.30 bits per heavy atom. The monoisotopic (exact) mass is 677 g/mol. The summed E-state index contributed by atoms with van der Waals surface area (Å²) in [4.78, 5) is 35.4. The Morgan fingerprint density at radius 2 is 0.848 bits per heavy atom. The summed E-state index contributed by atoms with van der Waals surface area (Å²) in [5.41, 5.74) is 4.68. The molecule has 14 heteroatoms. The van der Waals surface area contributed by atoms with Crippen LogP contribution in [0.25, 0.3) is 89.7 Å². The van der Waals surface area contributed by atoms with E-state index < -0.39 is 10.1 Å². The number of rotatable bonds is 1. The van der Waals surface area contributed by atoms with E-state index in [4.69, 9.17) is 29.9 Å². The van der Waals surface area contributed by atoms with Crippen LogP contribution in [0, 0.1) is 0 Å². The molecule has 7 aromatic rings. The molecule has 9 rings (SSSR count). The summed E-state index contributed by atoms with van der Waals surface area (Å²) >= 11 is 0. The van der Waals surface area contributed by atoms with Crippen molar-refractivity contribution in [3.63, 3.8) is 0 Å². The maximum atomic E-state index is 12.5. The number of benzene rings is 4. The van der Waals surface area contributed by atoms with E-state index in [2.05, 4.69) is 9.97 Å². The first-order valence-corrected chi connectivity index (χ1v) is 15.1. The van der Waals surface area contributed by atoms with Crippen LogP contribution in [-0.2, 0) is 26.9 Å². The molecule has 0 spiro atoms. The fourth-order valence-corrected chi connectivity index (χ4v) is 6.59. The van der Waals surface area contributed by atoms with Gasteiger partial charge >= 0.3 is 29.6 Å². The van der Waals surface area contributed by atoms with Crippen LogP contribution in [-0.4, -0.2) is 82.4 Å². The molecular formula is C32H19CoN8NaO3S. The molecule has 2 aliphatic rings. The molecule has 0 unspecified atom stereocenters. The van der Waals surface area contributed by atoms with Crippen LogP contribution < -0.4 is 0 Å². The second-order valence-electron chi connectivity index (χ2n) is 10.4. The van der Waals surface area contributed by atoms with Gasteiger partial charge in [-0.25, -0.2) is 29.9 Å². The average Bonchev–Trinajstić information content (AvgIpc) is 3.76. The molecule has 221 valence electrons. The van der Waals surface area contributed by atoms with Crippen LogP contribution in [0.3, 0.4) is 0 Å². The second-order valence-corrected chi connectivity index (χ2v) is 11.8. The Hall–Kier alpha value is -4.34. The van der Waals surface area contributed by atoms with Gasteiger partial charge in [0.1, 0.15) is 27.5 Å². The average molecular weight is 678 g/mol. The van der Waals surface area contributed by atoms with Crippen molar-refractivity contribution in [3.05, 3.63) is 91.0 Å². The standard InChI is InChI=1S/C32H18N8O3S.Co.Na.H/c41-44(42,43)23-15-7-14-22-24(23)32-39-30-21-13-6-5-12-20(21)28(37-30)35-26-17-9-2-1-8-16(17)25(33-26)34-27-18-10-3-4-11-19(18)29(36-27)38-31(22)40-32;;;/h1-15H,(H,41,42,43)(H2,33,34,35,36,37,38,39,40);;;. The van der Waals surface area contributed by atoms with Crippen molar-refractivity contribution in [2.45, 2.75) is 4.90 Å². The van der Waals surface area contributed by atoms with Gasteiger partial charge in [-0.1, -0.05) is 84.9 Å².